The fourth-order valence-corrected chi connectivity index (χ4v) is 2.29. The van der Waals surface area contributed by atoms with Crippen molar-refractivity contribution in [3.05, 3.63) is 57.2 Å². The van der Waals surface area contributed by atoms with Crippen LogP contribution in [0.2, 0.25) is 0 Å². The van der Waals surface area contributed by atoms with Gasteiger partial charge in [0.05, 0.1) is 16.8 Å². The van der Waals surface area contributed by atoms with Crippen molar-refractivity contribution in [2.75, 3.05) is 5.32 Å². The molecule has 0 aromatic heterocycles. The Kier molecular flexibility index (Phi) is 4.23. The number of rotatable bonds is 3. The van der Waals surface area contributed by atoms with Crippen molar-refractivity contribution in [3.63, 3.8) is 0 Å². The zero-order chi connectivity index (χ0) is 14.7. The van der Waals surface area contributed by atoms with Crippen molar-refractivity contribution in [2.24, 2.45) is 0 Å². The van der Waals surface area contributed by atoms with Gasteiger partial charge in [-0.25, -0.2) is 4.79 Å². The second-order valence-electron chi connectivity index (χ2n) is 3.97. The summed E-state index contributed by atoms with van der Waals surface area (Å²) in [6, 6.07) is 10.6. The van der Waals surface area contributed by atoms with Crippen LogP contribution in [-0.4, -0.2) is 22.1 Å². The highest BCUT2D eigenvalue weighted by molar-refractivity contribution is 14.1. The molecule has 6 heteroatoms. The molecule has 0 aliphatic heterocycles. The number of hydrogen-bond acceptors (Lipinski definition) is 3. The monoisotopic (exact) mass is 383 g/mol. The lowest BCUT2D eigenvalue weighted by molar-refractivity contribution is 0.0698. The predicted molar refractivity (Wildman–Crippen MR) is 82.2 cm³/mol. The molecule has 0 bridgehead atoms. The van der Waals surface area contributed by atoms with Gasteiger partial charge in [0.1, 0.15) is 5.75 Å². The number of benzene rings is 2. The number of carboxylic acid groups (broad SMARTS) is 1. The summed E-state index contributed by atoms with van der Waals surface area (Å²) >= 11 is 2.02. The topological polar surface area (TPSA) is 86.6 Å². The fourth-order valence-electron chi connectivity index (χ4n) is 1.66. The highest BCUT2D eigenvalue weighted by Crippen LogP contribution is 2.23. The van der Waals surface area contributed by atoms with Gasteiger partial charge in [-0.1, -0.05) is 12.1 Å². The van der Waals surface area contributed by atoms with E-state index in [-0.39, 0.29) is 17.0 Å². The number of carbonyl (C=O) groups excluding carboxylic acids is 1. The molecule has 0 atom stereocenters. The third kappa shape index (κ3) is 3.08. The number of phenolic OH excluding ortho intramolecular Hbond substituents is 1. The molecular weight excluding hydrogens is 373 g/mol. The molecule has 2 aromatic rings. The number of aromatic hydroxyl groups is 1. The van der Waals surface area contributed by atoms with E-state index in [0.717, 1.165) is 3.57 Å². The van der Waals surface area contributed by atoms with Crippen LogP contribution in [0.3, 0.4) is 0 Å². The maximum absolute atomic E-state index is 12.1. The smallest absolute Gasteiger partial charge is 0.337 e. The van der Waals surface area contributed by atoms with E-state index in [1.807, 2.05) is 22.6 Å². The summed E-state index contributed by atoms with van der Waals surface area (Å²) in [5.74, 6) is -1.72. The van der Waals surface area contributed by atoms with Crippen LogP contribution in [0.15, 0.2) is 42.5 Å². The van der Waals surface area contributed by atoms with E-state index in [0.29, 0.717) is 5.56 Å². The van der Waals surface area contributed by atoms with E-state index in [9.17, 15) is 14.7 Å². The maximum Gasteiger partial charge on any atom is 0.337 e. The molecule has 2 rings (SSSR count). The Labute approximate surface area is 128 Å². The zero-order valence-electron chi connectivity index (χ0n) is 10.1. The van der Waals surface area contributed by atoms with E-state index in [4.69, 9.17) is 5.11 Å². The first kappa shape index (κ1) is 14.3. The van der Waals surface area contributed by atoms with Gasteiger partial charge in [-0.15, -0.1) is 0 Å². The average molecular weight is 383 g/mol. The van der Waals surface area contributed by atoms with E-state index in [1.165, 1.54) is 18.2 Å². The summed E-state index contributed by atoms with van der Waals surface area (Å²) in [5, 5.41) is 21.0. The summed E-state index contributed by atoms with van der Waals surface area (Å²) in [4.78, 5) is 23.2. The maximum atomic E-state index is 12.1. The van der Waals surface area contributed by atoms with Gasteiger partial charge in [0.15, 0.2) is 0 Å². The predicted octanol–water partition coefficient (Wildman–Crippen LogP) is 2.95. The fraction of sp³-hybridized carbons (Fsp3) is 0. The van der Waals surface area contributed by atoms with Crippen LogP contribution < -0.4 is 5.32 Å². The molecule has 0 aliphatic rings. The molecule has 0 fully saturated rings. The number of carbonyl (C=O) groups is 2. The lowest BCUT2D eigenvalue weighted by Crippen LogP contribution is -2.15. The molecule has 1 amide bonds. The van der Waals surface area contributed by atoms with Gasteiger partial charge in [0, 0.05) is 9.64 Å². The first-order valence-corrected chi connectivity index (χ1v) is 6.69. The quantitative estimate of drug-likeness (QED) is 0.712. The average Bonchev–Trinajstić information content (AvgIpc) is 2.38. The lowest BCUT2D eigenvalue weighted by Gasteiger charge is -2.10. The summed E-state index contributed by atoms with van der Waals surface area (Å²) < 4.78 is 0.750. The molecule has 3 N–H and O–H groups in total. The second-order valence-corrected chi connectivity index (χ2v) is 5.13. The SMILES string of the molecule is O=C(Nc1cc(O)ccc1C(=O)O)c1ccccc1I. The summed E-state index contributed by atoms with van der Waals surface area (Å²) in [6.45, 7) is 0. The highest BCUT2D eigenvalue weighted by Gasteiger charge is 2.15. The van der Waals surface area contributed by atoms with Crippen LogP contribution >= 0.6 is 22.6 Å². The van der Waals surface area contributed by atoms with Gasteiger partial charge in [0.25, 0.3) is 5.91 Å². The van der Waals surface area contributed by atoms with Gasteiger partial charge in [-0.3, -0.25) is 4.79 Å². The summed E-state index contributed by atoms with van der Waals surface area (Å²) in [6.07, 6.45) is 0. The van der Waals surface area contributed by atoms with Crippen LogP contribution in [0.1, 0.15) is 20.7 Å². The standard InChI is InChI=1S/C14H10INO4/c15-11-4-2-1-3-9(11)13(18)16-12-7-8(17)5-6-10(12)14(19)20/h1-7,17H,(H,16,18)(H,19,20). The second kappa shape index (κ2) is 5.91. The van der Waals surface area contributed by atoms with Crippen molar-refractivity contribution in [1.29, 1.82) is 0 Å². The number of nitrogens with one attached hydrogen (secondary N) is 1. The molecule has 102 valence electrons. The van der Waals surface area contributed by atoms with E-state index >= 15 is 0 Å². The number of amides is 1. The molecule has 0 unspecified atom stereocenters. The lowest BCUT2D eigenvalue weighted by atomic mass is 10.1. The minimum atomic E-state index is -1.18. The molecule has 0 spiro atoms. The Morgan fingerprint density at radius 2 is 1.75 bits per heavy atom. The van der Waals surface area contributed by atoms with Gasteiger partial charge in [0.2, 0.25) is 0 Å². The number of aromatic carboxylic acids is 1. The minimum Gasteiger partial charge on any atom is -0.508 e. The minimum absolute atomic E-state index is 0.0575. The molecule has 0 saturated heterocycles. The number of hydrogen-bond donors (Lipinski definition) is 3. The third-order valence-corrected chi connectivity index (χ3v) is 3.54. The largest absolute Gasteiger partial charge is 0.508 e. The number of halogens is 1. The Morgan fingerprint density at radius 1 is 1.05 bits per heavy atom. The molecule has 0 radical (unpaired) electrons. The van der Waals surface area contributed by atoms with Crippen LogP contribution in [0, 0.1) is 3.57 Å². The molecular formula is C14H10INO4. The van der Waals surface area contributed by atoms with Gasteiger partial charge in [-0.05, 0) is 46.9 Å². The van der Waals surface area contributed by atoms with Crippen LogP contribution in [-0.2, 0) is 0 Å². The van der Waals surface area contributed by atoms with Crippen LogP contribution in [0.25, 0.3) is 0 Å². The van der Waals surface area contributed by atoms with Crippen molar-refractivity contribution in [2.45, 2.75) is 0 Å². The molecule has 5 nitrogen and oxygen atoms in total. The first-order valence-electron chi connectivity index (χ1n) is 5.61. The van der Waals surface area contributed by atoms with Crippen LogP contribution in [0.4, 0.5) is 5.69 Å². The highest BCUT2D eigenvalue weighted by atomic mass is 127. The molecule has 0 heterocycles. The van der Waals surface area contributed by atoms with E-state index in [1.54, 1.807) is 24.3 Å². The molecule has 2 aromatic carbocycles. The Bertz CT molecular complexity index is 685. The van der Waals surface area contributed by atoms with Crippen molar-refractivity contribution >= 4 is 40.2 Å². The van der Waals surface area contributed by atoms with Crippen molar-refractivity contribution in [3.8, 4) is 5.75 Å². The number of phenols is 1. The number of anilines is 1. The molecule has 0 saturated carbocycles. The van der Waals surface area contributed by atoms with E-state index < -0.39 is 11.9 Å². The summed E-state index contributed by atoms with van der Waals surface area (Å²) in [7, 11) is 0. The normalized spacial score (nSPS) is 10.1. The Hall–Kier alpha value is -2.09. The summed E-state index contributed by atoms with van der Waals surface area (Å²) in [5.41, 5.74) is 0.414. The molecule has 20 heavy (non-hydrogen) atoms. The molecule has 0 aliphatic carbocycles. The van der Waals surface area contributed by atoms with E-state index in [2.05, 4.69) is 5.32 Å². The zero-order valence-corrected chi connectivity index (χ0v) is 12.3. The Balaban J connectivity index is 2.35. The van der Waals surface area contributed by atoms with Crippen molar-refractivity contribution < 1.29 is 19.8 Å². The van der Waals surface area contributed by atoms with Gasteiger partial charge < -0.3 is 15.5 Å². The number of carboxylic acids is 1. The van der Waals surface area contributed by atoms with Crippen LogP contribution in [0.5, 0.6) is 5.75 Å². The first-order chi connectivity index (χ1) is 9.49. The van der Waals surface area contributed by atoms with Gasteiger partial charge >= 0.3 is 5.97 Å². The Morgan fingerprint density at radius 3 is 2.40 bits per heavy atom. The van der Waals surface area contributed by atoms with Gasteiger partial charge in [-0.2, -0.15) is 0 Å². The van der Waals surface area contributed by atoms with Crippen molar-refractivity contribution in [1.82, 2.24) is 0 Å². The third-order valence-electron chi connectivity index (χ3n) is 2.60.